The molecule has 0 amide bonds. The van der Waals surface area contributed by atoms with Gasteiger partial charge in [0.1, 0.15) is 0 Å². The number of aromatic nitrogens is 2. The van der Waals surface area contributed by atoms with E-state index in [9.17, 15) is 4.79 Å². The summed E-state index contributed by atoms with van der Waals surface area (Å²) in [5.74, 6) is -0.935. The number of carboxylic acids is 1. The van der Waals surface area contributed by atoms with Crippen LogP contribution < -0.4 is 0 Å². The molecule has 0 saturated heterocycles. The molecule has 0 aromatic carbocycles. The Morgan fingerprint density at radius 3 is 2.92 bits per heavy atom. The number of rotatable bonds is 4. The lowest BCUT2D eigenvalue weighted by atomic mass is 10.2. The summed E-state index contributed by atoms with van der Waals surface area (Å²) in [4.78, 5) is 14.2. The van der Waals surface area contributed by atoms with Gasteiger partial charge in [-0.3, -0.25) is 0 Å². The highest BCUT2D eigenvalue weighted by Crippen LogP contribution is 2.00. The average Bonchev–Trinajstić information content (AvgIpc) is 2.51. The van der Waals surface area contributed by atoms with Gasteiger partial charge in [0.2, 0.25) is 0 Å². The summed E-state index contributed by atoms with van der Waals surface area (Å²) >= 11 is 0. The van der Waals surface area contributed by atoms with Crippen molar-refractivity contribution < 1.29 is 9.90 Å². The zero-order valence-corrected chi connectivity index (χ0v) is 6.60. The molecule has 1 aromatic rings. The van der Waals surface area contributed by atoms with Crippen LogP contribution in [0.1, 0.15) is 6.42 Å². The van der Waals surface area contributed by atoms with E-state index in [0.717, 1.165) is 0 Å². The smallest absolute Gasteiger partial charge is 0.331 e. The monoisotopic (exact) mass is 166 g/mol. The van der Waals surface area contributed by atoms with Crippen LogP contribution in [0.25, 0.3) is 0 Å². The van der Waals surface area contributed by atoms with Gasteiger partial charge in [0.25, 0.3) is 0 Å². The molecular weight excluding hydrogens is 156 g/mol. The number of hydrogen-bond donors (Lipinski definition) is 1. The first kappa shape index (κ1) is 8.52. The minimum Gasteiger partial charge on any atom is -0.478 e. The second-order valence-electron chi connectivity index (χ2n) is 2.46. The molecule has 4 nitrogen and oxygen atoms in total. The molecule has 1 aromatic heterocycles. The zero-order chi connectivity index (χ0) is 8.97. The van der Waals surface area contributed by atoms with Gasteiger partial charge in [-0.1, -0.05) is 6.58 Å². The standard InChI is InChI=1S/C8H10N2O2/c1-7(8(11)12)2-4-10-5-3-9-6-10/h3,5-6H,1-2,4H2,(H,11,12). The Balaban J connectivity index is 2.37. The minimum atomic E-state index is -0.935. The molecule has 1 rings (SSSR count). The van der Waals surface area contributed by atoms with E-state index in [1.54, 1.807) is 18.7 Å². The Kier molecular flexibility index (Phi) is 2.63. The molecule has 12 heavy (non-hydrogen) atoms. The van der Waals surface area contributed by atoms with Gasteiger partial charge in [-0.25, -0.2) is 9.78 Å². The summed E-state index contributed by atoms with van der Waals surface area (Å²) in [6.07, 6.45) is 5.54. The van der Waals surface area contributed by atoms with E-state index in [1.807, 2.05) is 4.57 Å². The van der Waals surface area contributed by atoms with Crippen molar-refractivity contribution in [3.63, 3.8) is 0 Å². The third kappa shape index (κ3) is 2.23. The first-order valence-corrected chi connectivity index (χ1v) is 3.57. The van der Waals surface area contributed by atoms with Crippen molar-refractivity contribution in [2.45, 2.75) is 13.0 Å². The lowest BCUT2D eigenvalue weighted by molar-refractivity contribution is -0.132. The lowest BCUT2D eigenvalue weighted by Gasteiger charge is -2.00. The maximum Gasteiger partial charge on any atom is 0.331 e. The van der Waals surface area contributed by atoms with Crippen molar-refractivity contribution in [3.8, 4) is 0 Å². The number of carbonyl (C=O) groups is 1. The van der Waals surface area contributed by atoms with Crippen LogP contribution in [0, 0.1) is 0 Å². The fraction of sp³-hybridized carbons (Fsp3) is 0.250. The second kappa shape index (κ2) is 3.71. The molecule has 0 unspecified atom stereocenters. The first-order chi connectivity index (χ1) is 5.70. The third-order valence-electron chi connectivity index (χ3n) is 1.53. The molecule has 0 spiro atoms. The molecule has 0 aliphatic rings. The topological polar surface area (TPSA) is 55.1 Å². The molecule has 1 N–H and O–H groups in total. The van der Waals surface area contributed by atoms with Gasteiger partial charge >= 0.3 is 5.97 Å². The average molecular weight is 166 g/mol. The molecule has 0 saturated carbocycles. The predicted molar refractivity (Wildman–Crippen MR) is 43.6 cm³/mol. The van der Waals surface area contributed by atoms with E-state index in [1.165, 1.54) is 0 Å². The van der Waals surface area contributed by atoms with E-state index in [0.29, 0.717) is 13.0 Å². The van der Waals surface area contributed by atoms with Crippen molar-refractivity contribution in [3.05, 3.63) is 30.9 Å². The van der Waals surface area contributed by atoms with Crippen LogP contribution in [0.5, 0.6) is 0 Å². The largest absolute Gasteiger partial charge is 0.478 e. The van der Waals surface area contributed by atoms with Crippen LogP contribution in [0.2, 0.25) is 0 Å². The van der Waals surface area contributed by atoms with Crippen LogP contribution in [0.3, 0.4) is 0 Å². The van der Waals surface area contributed by atoms with Crippen molar-refractivity contribution in [1.82, 2.24) is 9.55 Å². The highest BCUT2D eigenvalue weighted by Gasteiger charge is 2.02. The predicted octanol–water partition coefficient (Wildman–Crippen LogP) is 0.914. The second-order valence-corrected chi connectivity index (χ2v) is 2.46. The summed E-state index contributed by atoms with van der Waals surface area (Å²) < 4.78 is 1.81. The maximum absolute atomic E-state index is 10.3. The van der Waals surface area contributed by atoms with Gasteiger partial charge in [-0.2, -0.15) is 0 Å². The number of aryl methyl sites for hydroxylation is 1. The van der Waals surface area contributed by atoms with Crippen LogP contribution in [-0.4, -0.2) is 20.6 Å². The van der Waals surface area contributed by atoms with Crippen molar-refractivity contribution in [1.29, 1.82) is 0 Å². The SMILES string of the molecule is C=C(CCn1ccnc1)C(=O)O. The van der Waals surface area contributed by atoms with Crippen molar-refractivity contribution >= 4 is 5.97 Å². The molecule has 0 aliphatic heterocycles. The number of imidazole rings is 1. The first-order valence-electron chi connectivity index (χ1n) is 3.57. The Morgan fingerprint density at radius 2 is 2.42 bits per heavy atom. The number of hydrogen-bond acceptors (Lipinski definition) is 2. The summed E-state index contributed by atoms with van der Waals surface area (Å²) in [6.45, 7) is 4.04. The lowest BCUT2D eigenvalue weighted by Crippen LogP contribution is -2.03. The molecule has 0 fully saturated rings. The minimum absolute atomic E-state index is 0.226. The quantitative estimate of drug-likeness (QED) is 0.676. The molecule has 0 aliphatic carbocycles. The normalized spacial score (nSPS) is 9.67. The van der Waals surface area contributed by atoms with E-state index in [2.05, 4.69) is 11.6 Å². The van der Waals surface area contributed by atoms with Gasteiger partial charge < -0.3 is 9.67 Å². The van der Waals surface area contributed by atoms with Crippen LogP contribution >= 0.6 is 0 Å². The van der Waals surface area contributed by atoms with Gasteiger partial charge in [0.05, 0.1) is 6.33 Å². The van der Waals surface area contributed by atoms with Crippen molar-refractivity contribution in [2.24, 2.45) is 0 Å². The molecule has 1 heterocycles. The highest BCUT2D eigenvalue weighted by molar-refractivity contribution is 5.85. The van der Waals surface area contributed by atoms with E-state index in [-0.39, 0.29) is 5.57 Å². The summed E-state index contributed by atoms with van der Waals surface area (Å²) in [5.41, 5.74) is 0.226. The highest BCUT2D eigenvalue weighted by atomic mass is 16.4. The Morgan fingerprint density at radius 1 is 1.67 bits per heavy atom. The third-order valence-corrected chi connectivity index (χ3v) is 1.53. The summed E-state index contributed by atoms with van der Waals surface area (Å²) in [7, 11) is 0. The fourth-order valence-electron chi connectivity index (χ4n) is 0.790. The summed E-state index contributed by atoms with van der Waals surface area (Å²) in [5, 5.41) is 8.49. The van der Waals surface area contributed by atoms with E-state index < -0.39 is 5.97 Å². The number of nitrogens with zero attached hydrogens (tertiary/aromatic N) is 2. The molecule has 0 atom stereocenters. The van der Waals surface area contributed by atoms with E-state index in [4.69, 9.17) is 5.11 Å². The zero-order valence-electron chi connectivity index (χ0n) is 6.60. The number of carboxylic acid groups (broad SMARTS) is 1. The fourth-order valence-corrected chi connectivity index (χ4v) is 0.790. The van der Waals surface area contributed by atoms with Gasteiger partial charge in [0.15, 0.2) is 0 Å². The van der Waals surface area contributed by atoms with Gasteiger partial charge in [0, 0.05) is 24.5 Å². The Hall–Kier alpha value is -1.58. The molecule has 0 bridgehead atoms. The van der Waals surface area contributed by atoms with Crippen molar-refractivity contribution in [2.75, 3.05) is 0 Å². The Labute approximate surface area is 70.2 Å². The van der Waals surface area contributed by atoms with Gasteiger partial charge in [-0.05, 0) is 6.42 Å². The maximum atomic E-state index is 10.3. The summed E-state index contributed by atoms with van der Waals surface area (Å²) in [6, 6.07) is 0. The molecule has 64 valence electrons. The molecule has 0 radical (unpaired) electrons. The van der Waals surface area contributed by atoms with Crippen LogP contribution in [0.4, 0.5) is 0 Å². The Bertz CT molecular complexity index is 277. The van der Waals surface area contributed by atoms with Crippen LogP contribution in [-0.2, 0) is 11.3 Å². The number of aliphatic carboxylic acids is 1. The molecule has 4 heteroatoms. The van der Waals surface area contributed by atoms with E-state index >= 15 is 0 Å². The van der Waals surface area contributed by atoms with Crippen LogP contribution in [0.15, 0.2) is 30.9 Å². The van der Waals surface area contributed by atoms with Gasteiger partial charge in [-0.15, -0.1) is 0 Å². The molecular formula is C8H10N2O2.